The number of nitrogens with one attached hydrogen (secondary N) is 2. The fourth-order valence-electron chi connectivity index (χ4n) is 4.96. The van der Waals surface area contributed by atoms with Crippen LogP contribution >= 0.6 is 0 Å². The maximum absolute atomic E-state index is 13.6. The fourth-order valence-corrected chi connectivity index (χ4v) is 4.96. The van der Waals surface area contributed by atoms with Crippen LogP contribution in [0.15, 0.2) is 33.6 Å². The number of fused-ring (bicyclic) bond motifs is 3. The van der Waals surface area contributed by atoms with Gasteiger partial charge in [0.15, 0.2) is 11.1 Å². The zero-order valence-electron chi connectivity index (χ0n) is 18.2. The van der Waals surface area contributed by atoms with E-state index in [-0.39, 0.29) is 17.6 Å². The first-order chi connectivity index (χ1) is 15.6. The van der Waals surface area contributed by atoms with Gasteiger partial charge in [-0.3, -0.25) is 9.78 Å². The van der Waals surface area contributed by atoms with E-state index in [0.29, 0.717) is 17.0 Å². The Morgan fingerprint density at radius 1 is 1.25 bits per heavy atom. The van der Waals surface area contributed by atoms with Crippen molar-refractivity contribution in [2.75, 3.05) is 6.54 Å². The number of hydrogen-bond donors (Lipinski definition) is 2. The number of pyridine rings is 2. The quantitative estimate of drug-likeness (QED) is 0.465. The molecule has 7 nitrogen and oxygen atoms in total. The minimum absolute atomic E-state index is 0.0644. The maximum atomic E-state index is 13.6. The van der Waals surface area contributed by atoms with Gasteiger partial charge in [-0.1, -0.05) is 6.07 Å². The van der Waals surface area contributed by atoms with Crippen LogP contribution in [0.4, 0.5) is 0 Å². The smallest absolute Gasteiger partial charge is 0.281 e. The third-order valence-electron chi connectivity index (χ3n) is 6.84. The van der Waals surface area contributed by atoms with Gasteiger partial charge in [0.05, 0.1) is 11.6 Å². The van der Waals surface area contributed by atoms with E-state index in [2.05, 4.69) is 28.3 Å². The summed E-state index contributed by atoms with van der Waals surface area (Å²) in [6.07, 6.45) is 7.24. The van der Waals surface area contributed by atoms with Gasteiger partial charge in [0.25, 0.3) is 5.56 Å². The minimum atomic E-state index is -0.0644. The number of aromatic nitrogens is 3. The van der Waals surface area contributed by atoms with Crippen molar-refractivity contribution in [3.05, 3.63) is 57.5 Å². The van der Waals surface area contributed by atoms with Crippen molar-refractivity contribution >= 4 is 28.2 Å². The molecule has 2 fully saturated rings. The third kappa shape index (κ3) is 2.84. The van der Waals surface area contributed by atoms with Crippen molar-refractivity contribution < 1.29 is 4.42 Å². The van der Waals surface area contributed by atoms with E-state index in [9.17, 15) is 4.79 Å². The molecule has 0 radical (unpaired) electrons. The summed E-state index contributed by atoms with van der Waals surface area (Å²) < 4.78 is 8.16. The standard InChI is InChI=1S/C25H25N5O2/c1-13-18(16-10-15(11-26)14(2)28-12-16)7-8-19-22(13)30(17-5-6-17)25(31)21-23(19)32-24(29-21)20-4-3-9-27-20/h7-8,10-12,17,20,26-27H,3-6,9H2,1-2H3. The highest BCUT2D eigenvalue weighted by Crippen LogP contribution is 2.41. The Morgan fingerprint density at radius 2 is 2.09 bits per heavy atom. The van der Waals surface area contributed by atoms with E-state index in [0.717, 1.165) is 71.1 Å². The molecule has 4 aromatic rings. The van der Waals surface area contributed by atoms with Crippen LogP contribution in [0.2, 0.25) is 0 Å². The van der Waals surface area contributed by atoms with Gasteiger partial charge < -0.3 is 19.7 Å². The van der Waals surface area contributed by atoms with Gasteiger partial charge in [-0.2, -0.15) is 0 Å². The molecule has 2 aliphatic rings. The van der Waals surface area contributed by atoms with E-state index in [1.807, 2.05) is 29.8 Å². The first kappa shape index (κ1) is 19.4. The Balaban J connectivity index is 1.64. The summed E-state index contributed by atoms with van der Waals surface area (Å²) >= 11 is 0. The fraction of sp³-hybridized carbons (Fsp3) is 0.360. The SMILES string of the molecule is Cc1ncc(-c2ccc3c4oc(C5CCCN5)nc4c(=O)n(C4CC4)c3c2C)cc1C=N. The highest BCUT2D eigenvalue weighted by atomic mass is 16.4. The second-order valence-electron chi connectivity index (χ2n) is 8.96. The number of nitrogens with zero attached hydrogens (tertiary/aromatic N) is 3. The molecule has 7 heteroatoms. The molecule has 0 spiro atoms. The Hall–Kier alpha value is -3.32. The average Bonchev–Trinajstić information content (AvgIpc) is 3.29. The number of aryl methyl sites for hydroxylation is 2. The summed E-state index contributed by atoms with van der Waals surface area (Å²) in [6.45, 7) is 4.91. The summed E-state index contributed by atoms with van der Waals surface area (Å²) in [5.41, 5.74) is 6.47. The van der Waals surface area contributed by atoms with Gasteiger partial charge >= 0.3 is 0 Å². The lowest BCUT2D eigenvalue weighted by molar-refractivity contribution is 0.453. The van der Waals surface area contributed by atoms with Crippen molar-refractivity contribution in [1.82, 2.24) is 19.9 Å². The summed E-state index contributed by atoms with van der Waals surface area (Å²) in [7, 11) is 0. The second kappa shape index (κ2) is 7.10. The van der Waals surface area contributed by atoms with Crippen molar-refractivity contribution in [1.29, 1.82) is 5.41 Å². The van der Waals surface area contributed by atoms with Crippen molar-refractivity contribution in [3.63, 3.8) is 0 Å². The molecule has 1 aliphatic heterocycles. The van der Waals surface area contributed by atoms with Gasteiger partial charge in [-0.15, -0.1) is 0 Å². The van der Waals surface area contributed by atoms with E-state index < -0.39 is 0 Å². The van der Waals surface area contributed by atoms with Crippen LogP contribution in [0.5, 0.6) is 0 Å². The van der Waals surface area contributed by atoms with Crippen LogP contribution < -0.4 is 10.9 Å². The molecule has 0 bridgehead atoms. The molecule has 1 saturated carbocycles. The van der Waals surface area contributed by atoms with E-state index >= 15 is 0 Å². The number of hydrogen-bond acceptors (Lipinski definition) is 6. The predicted octanol–water partition coefficient (Wildman–Crippen LogP) is 4.58. The molecule has 0 amide bonds. The Kier molecular flexibility index (Phi) is 4.30. The van der Waals surface area contributed by atoms with E-state index in [1.54, 1.807) is 0 Å². The zero-order chi connectivity index (χ0) is 22.0. The van der Waals surface area contributed by atoms with Gasteiger partial charge in [0, 0.05) is 40.7 Å². The van der Waals surface area contributed by atoms with Crippen LogP contribution in [0.25, 0.3) is 33.1 Å². The summed E-state index contributed by atoms with van der Waals surface area (Å²) in [5.74, 6) is 0.615. The predicted molar refractivity (Wildman–Crippen MR) is 125 cm³/mol. The molecule has 6 rings (SSSR count). The Morgan fingerprint density at radius 3 is 2.81 bits per heavy atom. The molecule has 4 heterocycles. The molecule has 1 unspecified atom stereocenters. The summed E-state index contributed by atoms with van der Waals surface area (Å²) in [4.78, 5) is 22.7. The number of benzene rings is 1. The van der Waals surface area contributed by atoms with Crippen molar-refractivity contribution in [2.24, 2.45) is 0 Å². The molecule has 1 aromatic carbocycles. The highest BCUT2D eigenvalue weighted by Gasteiger charge is 2.31. The van der Waals surface area contributed by atoms with Gasteiger partial charge in [-0.05, 0) is 69.3 Å². The molecular weight excluding hydrogens is 402 g/mol. The van der Waals surface area contributed by atoms with Crippen LogP contribution in [-0.4, -0.2) is 27.3 Å². The third-order valence-corrected chi connectivity index (χ3v) is 6.84. The monoisotopic (exact) mass is 427 g/mol. The van der Waals surface area contributed by atoms with Crippen LogP contribution in [0.1, 0.15) is 60.5 Å². The molecule has 1 aliphatic carbocycles. The normalized spacial score (nSPS) is 18.6. The molecule has 162 valence electrons. The van der Waals surface area contributed by atoms with Crippen molar-refractivity contribution in [3.8, 4) is 11.1 Å². The first-order valence-electron chi connectivity index (χ1n) is 11.3. The molecule has 1 atom stereocenters. The van der Waals surface area contributed by atoms with Gasteiger partial charge in [-0.25, -0.2) is 4.98 Å². The lowest BCUT2D eigenvalue weighted by Crippen LogP contribution is -2.21. The topological polar surface area (TPSA) is 96.8 Å². The summed E-state index contributed by atoms with van der Waals surface area (Å²) in [5, 5.41) is 12.0. The lowest BCUT2D eigenvalue weighted by atomic mass is 9.97. The number of rotatable bonds is 4. The van der Waals surface area contributed by atoms with Crippen LogP contribution in [0, 0.1) is 19.3 Å². The molecule has 3 aromatic heterocycles. The highest BCUT2D eigenvalue weighted by molar-refractivity contribution is 6.04. The van der Waals surface area contributed by atoms with Gasteiger partial charge in [0.2, 0.25) is 5.89 Å². The number of oxazole rings is 1. The summed E-state index contributed by atoms with van der Waals surface area (Å²) in [6, 6.07) is 6.37. The molecular formula is C25H25N5O2. The average molecular weight is 428 g/mol. The molecule has 1 saturated heterocycles. The van der Waals surface area contributed by atoms with E-state index in [1.165, 1.54) is 6.21 Å². The maximum Gasteiger partial charge on any atom is 0.281 e. The molecule has 2 N–H and O–H groups in total. The van der Waals surface area contributed by atoms with Crippen molar-refractivity contribution in [2.45, 2.75) is 51.6 Å². The van der Waals surface area contributed by atoms with Crippen LogP contribution in [-0.2, 0) is 0 Å². The zero-order valence-corrected chi connectivity index (χ0v) is 18.2. The van der Waals surface area contributed by atoms with Crippen LogP contribution in [0.3, 0.4) is 0 Å². The Bertz CT molecular complexity index is 1460. The first-order valence-corrected chi connectivity index (χ1v) is 11.3. The van der Waals surface area contributed by atoms with Gasteiger partial charge in [0.1, 0.15) is 0 Å². The lowest BCUT2D eigenvalue weighted by Gasteiger charge is -2.15. The largest absolute Gasteiger partial charge is 0.438 e. The molecule has 32 heavy (non-hydrogen) atoms. The minimum Gasteiger partial charge on any atom is -0.438 e. The van der Waals surface area contributed by atoms with E-state index in [4.69, 9.17) is 9.83 Å². The second-order valence-corrected chi connectivity index (χ2v) is 8.96. The Labute approximate surface area is 185 Å².